The molecule has 1 aliphatic rings. The van der Waals surface area contributed by atoms with Crippen molar-refractivity contribution in [2.24, 2.45) is 5.14 Å². The van der Waals surface area contributed by atoms with E-state index in [-0.39, 0.29) is 16.3 Å². The monoisotopic (exact) mass is 425 g/mol. The van der Waals surface area contributed by atoms with Crippen LogP contribution in [0.1, 0.15) is 0 Å². The molecule has 0 amide bonds. The number of ether oxygens (including phenoxy) is 1. The predicted molar refractivity (Wildman–Crippen MR) is 106 cm³/mol. The number of nitrogens with two attached hydrogens (primary N) is 1. The summed E-state index contributed by atoms with van der Waals surface area (Å²) >= 11 is 0. The lowest BCUT2D eigenvalue weighted by molar-refractivity contribution is 0.0395. The summed E-state index contributed by atoms with van der Waals surface area (Å²) < 4.78 is 56.6. The van der Waals surface area contributed by atoms with Crippen LogP contribution in [0.3, 0.4) is 0 Å². The van der Waals surface area contributed by atoms with Crippen molar-refractivity contribution in [2.75, 3.05) is 43.7 Å². The number of nitrogens with zero attached hydrogens (tertiary/aromatic N) is 2. The number of morpholine rings is 1. The summed E-state index contributed by atoms with van der Waals surface area (Å²) in [6, 6.07) is 13.8. The zero-order chi connectivity index (χ0) is 20.2. The van der Waals surface area contributed by atoms with E-state index in [9.17, 15) is 16.8 Å². The highest BCUT2D eigenvalue weighted by Crippen LogP contribution is 2.25. The van der Waals surface area contributed by atoms with E-state index in [1.54, 1.807) is 30.3 Å². The highest BCUT2D eigenvalue weighted by atomic mass is 32.2. The average Bonchev–Trinajstić information content (AvgIpc) is 2.69. The van der Waals surface area contributed by atoms with Crippen LogP contribution < -0.4 is 9.44 Å². The molecular formula is C18H23N3O5S2. The van der Waals surface area contributed by atoms with Crippen LogP contribution in [0, 0.1) is 0 Å². The predicted octanol–water partition coefficient (Wildman–Crippen LogP) is 0.862. The number of primary sulfonamides is 1. The second-order valence-corrected chi connectivity index (χ2v) is 9.81. The molecule has 0 radical (unpaired) electrons. The summed E-state index contributed by atoms with van der Waals surface area (Å²) in [5.74, 6) is 0. The van der Waals surface area contributed by atoms with Gasteiger partial charge in [-0.15, -0.1) is 0 Å². The molecule has 2 aromatic rings. The van der Waals surface area contributed by atoms with Crippen LogP contribution in [0.15, 0.2) is 64.4 Å². The molecule has 2 aromatic carbocycles. The largest absolute Gasteiger partial charge is 0.379 e. The highest BCUT2D eigenvalue weighted by Gasteiger charge is 2.27. The SMILES string of the molecule is NS(=O)(=O)c1cccc(S(=O)(=O)N(CCN2CCOCC2)c2ccccc2)c1. The third-order valence-corrected chi connectivity index (χ3v) is 7.22. The fourth-order valence-electron chi connectivity index (χ4n) is 2.98. The zero-order valence-corrected chi connectivity index (χ0v) is 16.9. The molecule has 2 N–H and O–H groups in total. The Balaban J connectivity index is 1.94. The first kappa shape index (κ1) is 20.7. The van der Waals surface area contributed by atoms with E-state index < -0.39 is 20.0 Å². The van der Waals surface area contributed by atoms with Gasteiger partial charge in [-0.05, 0) is 30.3 Å². The van der Waals surface area contributed by atoms with E-state index in [2.05, 4.69) is 4.90 Å². The molecule has 10 heteroatoms. The molecule has 1 aliphatic heterocycles. The Hall–Kier alpha value is -1.98. The van der Waals surface area contributed by atoms with Crippen LogP contribution in [0.5, 0.6) is 0 Å². The summed E-state index contributed by atoms with van der Waals surface area (Å²) in [6.45, 7) is 3.48. The second-order valence-electron chi connectivity index (χ2n) is 6.39. The fraction of sp³-hybridized carbons (Fsp3) is 0.333. The minimum Gasteiger partial charge on any atom is -0.379 e. The average molecular weight is 426 g/mol. The Labute approximate surface area is 165 Å². The van der Waals surface area contributed by atoms with Crippen molar-refractivity contribution >= 4 is 25.7 Å². The first-order valence-corrected chi connectivity index (χ1v) is 11.8. The molecule has 1 saturated heterocycles. The van der Waals surface area contributed by atoms with E-state index in [0.29, 0.717) is 25.4 Å². The van der Waals surface area contributed by atoms with Gasteiger partial charge in [0.05, 0.1) is 28.7 Å². The van der Waals surface area contributed by atoms with Crippen LogP contribution in [0.25, 0.3) is 0 Å². The Kier molecular flexibility index (Phi) is 6.36. The molecule has 0 atom stereocenters. The minimum absolute atomic E-state index is 0.121. The van der Waals surface area contributed by atoms with Gasteiger partial charge in [0.25, 0.3) is 10.0 Å². The summed E-state index contributed by atoms with van der Waals surface area (Å²) in [7, 11) is -7.99. The third kappa shape index (κ3) is 4.89. The highest BCUT2D eigenvalue weighted by molar-refractivity contribution is 7.93. The lowest BCUT2D eigenvalue weighted by Crippen LogP contribution is -2.43. The number of anilines is 1. The molecule has 0 unspecified atom stereocenters. The first-order chi connectivity index (χ1) is 13.3. The van der Waals surface area contributed by atoms with Gasteiger partial charge in [0.1, 0.15) is 0 Å². The molecule has 1 heterocycles. The number of rotatable bonds is 7. The fourth-order valence-corrected chi connectivity index (χ4v) is 5.11. The number of hydrogen-bond acceptors (Lipinski definition) is 6. The van der Waals surface area contributed by atoms with Gasteiger partial charge in [0, 0.05) is 26.2 Å². The Morgan fingerprint density at radius 3 is 2.21 bits per heavy atom. The van der Waals surface area contributed by atoms with Crippen LogP contribution in [0.4, 0.5) is 5.69 Å². The number of hydrogen-bond donors (Lipinski definition) is 1. The van der Waals surface area contributed by atoms with Crippen molar-refractivity contribution in [1.29, 1.82) is 0 Å². The van der Waals surface area contributed by atoms with Gasteiger partial charge in [-0.25, -0.2) is 22.0 Å². The van der Waals surface area contributed by atoms with Crippen LogP contribution in [-0.4, -0.2) is 61.1 Å². The van der Waals surface area contributed by atoms with E-state index in [4.69, 9.17) is 9.88 Å². The van der Waals surface area contributed by atoms with E-state index in [1.165, 1.54) is 22.5 Å². The smallest absolute Gasteiger partial charge is 0.264 e. The Morgan fingerprint density at radius 2 is 1.57 bits per heavy atom. The quantitative estimate of drug-likeness (QED) is 0.705. The molecule has 0 aromatic heterocycles. The lowest BCUT2D eigenvalue weighted by Gasteiger charge is -2.30. The van der Waals surface area contributed by atoms with Gasteiger partial charge in [0.15, 0.2) is 0 Å². The van der Waals surface area contributed by atoms with Gasteiger partial charge in [0.2, 0.25) is 10.0 Å². The number of benzene rings is 2. The minimum atomic E-state index is -4.01. The van der Waals surface area contributed by atoms with E-state index in [1.807, 2.05) is 0 Å². The zero-order valence-electron chi connectivity index (χ0n) is 15.3. The van der Waals surface area contributed by atoms with Crippen molar-refractivity contribution < 1.29 is 21.6 Å². The van der Waals surface area contributed by atoms with Crippen LogP contribution in [0.2, 0.25) is 0 Å². The molecule has 0 aliphatic carbocycles. The molecule has 8 nitrogen and oxygen atoms in total. The topological polar surface area (TPSA) is 110 Å². The maximum Gasteiger partial charge on any atom is 0.264 e. The first-order valence-electron chi connectivity index (χ1n) is 8.79. The molecule has 1 fully saturated rings. The molecular weight excluding hydrogens is 402 g/mol. The summed E-state index contributed by atoms with van der Waals surface area (Å²) in [4.78, 5) is 1.77. The van der Waals surface area contributed by atoms with Gasteiger partial charge in [-0.3, -0.25) is 9.21 Å². The van der Waals surface area contributed by atoms with Crippen LogP contribution >= 0.6 is 0 Å². The lowest BCUT2D eigenvalue weighted by atomic mass is 10.3. The van der Waals surface area contributed by atoms with Crippen molar-refractivity contribution in [3.8, 4) is 0 Å². The van der Waals surface area contributed by atoms with Crippen molar-refractivity contribution in [1.82, 2.24) is 4.90 Å². The van der Waals surface area contributed by atoms with Gasteiger partial charge in [-0.1, -0.05) is 24.3 Å². The standard InChI is InChI=1S/C18H23N3O5S2/c19-27(22,23)17-7-4-8-18(15-17)28(24,25)21(16-5-2-1-3-6-16)10-9-20-11-13-26-14-12-20/h1-8,15H,9-14H2,(H2,19,22,23). The normalized spacial score (nSPS) is 16.0. The van der Waals surface area contributed by atoms with Gasteiger partial charge in [-0.2, -0.15) is 0 Å². The van der Waals surface area contributed by atoms with Crippen LogP contribution in [-0.2, 0) is 24.8 Å². The molecule has 28 heavy (non-hydrogen) atoms. The summed E-state index contributed by atoms with van der Waals surface area (Å²) in [6.07, 6.45) is 0. The van der Waals surface area contributed by atoms with E-state index >= 15 is 0 Å². The number of sulfonamides is 2. The molecule has 0 saturated carbocycles. The molecule has 152 valence electrons. The van der Waals surface area contributed by atoms with E-state index in [0.717, 1.165) is 19.2 Å². The Morgan fingerprint density at radius 1 is 0.929 bits per heavy atom. The van der Waals surface area contributed by atoms with Crippen molar-refractivity contribution in [3.63, 3.8) is 0 Å². The molecule has 0 bridgehead atoms. The summed E-state index contributed by atoms with van der Waals surface area (Å²) in [5, 5.41) is 5.16. The van der Waals surface area contributed by atoms with Gasteiger partial charge >= 0.3 is 0 Å². The third-order valence-electron chi connectivity index (χ3n) is 4.49. The molecule has 0 spiro atoms. The van der Waals surface area contributed by atoms with Crippen molar-refractivity contribution in [3.05, 3.63) is 54.6 Å². The maximum atomic E-state index is 13.3. The number of para-hydroxylation sites is 1. The second kappa shape index (κ2) is 8.58. The van der Waals surface area contributed by atoms with Gasteiger partial charge < -0.3 is 4.74 Å². The summed E-state index contributed by atoms with van der Waals surface area (Å²) in [5.41, 5.74) is 0.511. The van der Waals surface area contributed by atoms with Crippen molar-refractivity contribution in [2.45, 2.75) is 9.79 Å². The molecule has 3 rings (SSSR count). The Bertz CT molecular complexity index is 1000. The maximum absolute atomic E-state index is 13.3.